The average Bonchev–Trinajstić information content (AvgIpc) is 3.51. The number of aliphatic carboxylic acids is 1. The van der Waals surface area contributed by atoms with Crippen molar-refractivity contribution in [1.82, 2.24) is 15.8 Å². The molecule has 3 N–H and O–H groups in total. The van der Waals surface area contributed by atoms with Crippen LogP contribution >= 0.6 is 0 Å². The fraction of sp³-hybridized carbons (Fsp3) is 0.360. The topological polar surface area (TPSA) is 134 Å². The molecule has 0 saturated carbocycles. The van der Waals surface area contributed by atoms with Crippen LogP contribution < -0.4 is 10.7 Å². The fourth-order valence-corrected chi connectivity index (χ4v) is 5.06. The van der Waals surface area contributed by atoms with Crippen molar-refractivity contribution in [2.75, 3.05) is 19.8 Å². The van der Waals surface area contributed by atoms with Crippen LogP contribution in [0.5, 0.6) is 0 Å². The van der Waals surface area contributed by atoms with Crippen LogP contribution in [-0.2, 0) is 23.9 Å². The van der Waals surface area contributed by atoms with Crippen molar-refractivity contribution in [2.24, 2.45) is 5.41 Å². The summed E-state index contributed by atoms with van der Waals surface area (Å²) >= 11 is 0. The molecule has 3 amide bonds. The molecule has 2 aliphatic heterocycles. The zero-order valence-electron chi connectivity index (χ0n) is 19.0. The number of carbonyl (C=O) groups is 4. The SMILES string of the molecule is CC1(C(=O)N2NC(=O)CC2C(=O)O)COCC1NC(=O)OCC1c2ccccc2-c2ccccc21. The predicted molar refractivity (Wildman–Crippen MR) is 122 cm³/mol. The van der Waals surface area contributed by atoms with E-state index in [0.29, 0.717) is 0 Å². The highest BCUT2D eigenvalue weighted by molar-refractivity contribution is 5.96. The van der Waals surface area contributed by atoms with Gasteiger partial charge in [0.2, 0.25) is 5.91 Å². The third kappa shape index (κ3) is 3.89. The first kappa shape index (κ1) is 22.9. The van der Waals surface area contributed by atoms with Crippen molar-refractivity contribution < 1.29 is 33.8 Å². The fourth-order valence-electron chi connectivity index (χ4n) is 5.06. The van der Waals surface area contributed by atoms with Gasteiger partial charge in [-0.15, -0.1) is 0 Å². The number of carboxylic acid groups (broad SMARTS) is 1. The smallest absolute Gasteiger partial charge is 0.407 e. The Hall–Kier alpha value is -3.92. The average molecular weight is 479 g/mol. The second kappa shape index (κ2) is 8.70. The van der Waals surface area contributed by atoms with Gasteiger partial charge in [-0.25, -0.2) is 14.6 Å². The van der Waals surface area contributed by atoms with E-state index in [1.807, 2.05) is 48.5 Å². The number of fused-ring (bicyclic) bond motifs is 3. The van der Waals surface area contributed by atoms with Gasteiger partial charge in [0.25, 0.3) is 5.91 Å². The molecule has 2 saturated heterocycles. The zero-order chi connectivity index (χ0) is 24.7. The van der Waals surface area contributed by atoms with Crippen LogP contribution in [0, 0.1) is 5.41 Å². The molecule has 182 valence electrons. The van der Waals surface area contributed by atoms with Gasteiger partial charge in [-0.3, -0.25) is 15.0 Å². The van der Waals surface area contributed by atoms with Crippen LogP contribution in [0.4, 0.5) is 4.79 Å². The zero-order valence-corrected chi connectivity index (χ0v) is 19.0. The number of hydrogen-bond acceptors (Lipinski definition) is 6. The summed E-state index contributed by atoms with van der Waals surface area (Å²) in [7, 11) is 0. The lowest BCUT2D eigenvalue weighted by atomic mass is 9.83. The van der Waals surface area contributed by atoms with Crippen LogP contribution in [0.3, 0.4) is 0 Å². The Kier molecular flexibility index (Phi) is 5.68. The second-order valence-electron chi connectivity index (χ2n) is 9.22. The largest absolute Gasteiger partial charge is 0.480 e. The number of carboxylic acids is 1. The Morgan fingerprint density at radius 3 is 2.40 bits per heavy atom. The number of benzene rings is 2. The van der Waals surface area contributed by atoms with Crippen LogP contribution in [0.25, 0.3) is 11.1 Å². The first-order valence-electron chi connectivity index (χ1n) is 11.3. The lowest BCUT2D eigenvalue weighted by molar-refractivity contribution is -0.156. The maximum absolute atomic E-state index is 13.2. The molecule has 3 aliphatic rings. The van der Waals surface area contributed by atoms with E-state index in [0.717, 1.165) is 27.3 Å². The molecule has 2 aromatic carbocycles. The molecule has 2 fully saturated rings. The number of hydrazine groups is 1. The minimum Gasteiger partial charge on any atom is -0.480 e. The number of carbonyl (C=O) groups excluding carboxylic acids is 3. The third-order valence-electron chi connectivity index (χ3n) is 7.02. The molecule has 10 heteroatoms. The molecule has 10 nitrogen and oxygen atoms in total. The molecule has 2 heterocycles. The van der Waals surface area contributed by atoms with Crippen LogP contribution in [0.1, 0.15) is 30.4 Å². The quantitative estimate of drug-likeness (QED) is 0.594. The Morgan fingerprint density at radius 2 is 1.77 bits per heavy atom. The monoisotopic (exact) mass is 479 g/mol. The standard InChI is InChI=1S/C25H25N3O7/c1-25(23(32)28-19(22(30)31)10-21(29)27-28)13-34-12-20(25)26-24(33)35-11-18-16-8-4-2-6-14(16)15-7-3-5-9-17(15)18/h2-9,18-20H,10-13H2,1H3,(H,26,33)(H,27,29)(H,30,31). The van der Waals surface area contributed by atoms with Gasteiger partial charge < -0.3 is 19.9 Å². The van der Waals surface area contributed by atoms with Gasteiger partial charge in [-0.1, -0.05) is 48.5 Å². The minimum atomic E-state index is -1.32. The van der Waals surface area contributed by atoms with E-state index in [4.69, 9.17) is 9.47 Å². The molecule has 35 heavy (non-hydrogen) atoms. The number of ether oxygens (including phenoxy) is 2. The van der Waals surface area contributed by atoms with E-state index < -0.39 is 41.4 Å². The number of rotatable bonds is 5. The molecular formula is C25H25N3O7. The van der Waals surface area contributed by atoms with Crippen molar-refractivity contribution in [3.8, 4) is 11.1 Å². The van der Waals surface area contributed by atoms with E-state index in [1.165, 1.54) is 0 Å². The van der Waals surface area contributed by atoms with E-state index in [9.17, 15) is 24.3 Å². The minimum absolute atomic E-state index is 0.0428. The van der Waals surface area contributed by atoms with E-state index in [2.05, 4.69) is 10.7 Å². The number of nitrogens with one attached hydrogen (secondary N) is 2. The summed E-state index contributed by atoms with van der Waals surface area (Å²) in [6.45, 7) is 1.69. The Balaban J connectivity index is 1.27. The van der Waals surface area contributed by atoms with E-state index in [1.54, 1.807) is 6.92 Å². The third-order valence-corrected chi connectivity index (χ3v) is 7.02. The molecule has 1 aliphatic carbocycles. The molecule has 0 radical (unpaired) electrons. The lowest BCUT2D eigenvalue weighted by Gasteiger charge is -2.33. The summed E-state index contributed by atoms with van der Waals surface area (Å²) in [6, 6.07) is 13.9. The van der Waals surface area contributed by atoms with Gasteiger partial charge in [0.05, 0.1) is 31.1 Å². The first-order valence-corrected chi connectivity index (χ1v) is 11.3. The van der Waals surface area contributed by atoms with Gasteiger partial charge >= 0.3 is 12.1 Å². The van der Waals surface area contributed by atoms with Crippen molar-refractivity contribution in [3.05, 3.63) is 59.7 Å². The summed E-state index contributed by atoms with van der Waals surface area (Å²) in [5, 5.41) is 12.9. The maximum Gasteiger partial charge on any atom is 0.407 e. The molecule has 3 atom stereocenters. The van der Waals surface area contributed by atoms with Gasteiger partial charge in [-0.2, -0.15) is 0 Å². The number of alkyl carbamates (subject to hydrolysis) is 1. The Labute approximate surface area is 201 Å². The lowest BCUT2D eigenvalue weighted by Crippen LogP contribution is -2.58. The van der Waals surface area contributed by atoms with Gasteiger partial charge in [0, 0.05) is 5.92 Å². The highest BCUT2D eigenvalue weighted by atomic mass is 16.5. The molecule has 2 aromatic rings. The highest BCUT2D eigenvalue weighted by Crippen LogP contribution is 2.44. The van der Waals surface area contributed by atoms with Crippen molar-refractivity contribution >= 4 is 23.9 Å². The number of amides is 3. The van der Waals surface area contributed by atoms with Gasteiger partial charge in [0.15, 0.2) is 6.04 Å². The summed E-state index contributed by atoms with van der Waals surface area (Å²) < 4.78 is 11.1. The van der Waals surface area contributed by atoms with Crippen LogP contribution in [0.15, 0.2) is 48.5 Å². The molecular weight excluding hydrogens is 454 g/mol. The van der Waals surface area contributed by atoms with Crippen molar-refractivity contribution in [1.29, 1.82) is 0 Å². The van der Waals surface area contributed by atoms with E-state index >= 15 is 0 Å². The molecule has 0 aromatic heterocycles. The van der Waals surface area contributed by atoms with Crippen LogP contribution in [-0.4, -0.2) is 65.9 Å². The van der Waals surface area contributed by atoms with Gasteiger partial charge in [-0.05, 0) is 29.2 Å². The highest BCUT2D eigenvalue weighted by Gasteiger charge is 2.53. The molecule has 0 bridgehead atoms. The Bertz CT molecular complexity index is 1170. The van der Waals surface area contributed by atoms with Crippen molar-refractivity contribution in [2.45, 2.75) is 31.3 Å². The molecule has 3 unspecified atom stereocenters. The Morgan fingerprint density at radius 1 is 1.14 bits per heavy atom. The molecule has 5 rings (SSSR count). The number of hydrogen-bond donors (Lipinski definition) is 3. The first-order chi connectivity index (χ1) is 16.8. The van der Waals surface area contributed by atoms with Crippen LogP contribution in [0.2, 0.25) is 0 Å². The normalized spacial score (nSPS) is 25.1. The maximum atomic E-state index is 13.2. The summed E-state index contributed by atoms with van der Waals surface area (Å²) in [5.74, 6) is -2.61. The number of nitrogens with zero attached hydrogens (tertiary/aromatic N) is 1. The summed E-state index contributed by atoms with van der Waals surface area (Å²) in [5.41, 5.74) is 5.41. The van der Waals surface area contributed by atoms with Gasteiger partial charge in [0.1, 0.15) is 6.61 Å². The summed E-state index contributed by atoms with van der Waals surface area (Å²) in [6.07, 6.45) is -1.04. The second-order valence-corrected chi connectivity index (χ2v) is 9.22. The summed E-state index contributed by atoms with van der Waals surface area (Å²) in [4.78, 5) is 49.3. The molecule has 0 spiro atoms. The van der Waals surface area contributed by atoms with E-state index in [-0.39, 0.29) is 32.2 Å². The van der Waals surface area contributed by atoms with Crippen molar-refractivity contribution in [3.63, 3.8) is 0 Å². The predicted octanol–water partition coefficient (Wildman–Crippen LogP) is 1.65.